The number of benzene rings is 3. The van der Waals surface area contributed by atoms with E-state index in [1.165, 1.54) is 30.1 Å². The van der Waals surface area contributed by atoms with E-state index in [9.17, 15) is 27.9 Å². The smallest absolute Gasteiger partial charge is 0.465 e. The van der Waals surface area contributed by atoms with Crippen LogP contribution in [0.4, 0.5) is 18.9 Å². The number of aliphatic hydroxyl groups excluding tert-OH is 1. The minimum Gasteiger partial charge on any atom is -0.465 e. The number of nitrogens with zero attached hydrogens (tertiary/aromatic N) is 3. The van der Waals surface area contributed by atoms with Gasteiger partial charge in [0.05, 0.1) is 53.7 Å². The number of anilines is 1. The third-order valence-corrected chi connectivity index (χ3v) is 8.07. The Morgan fingerprint density at radius 1 is 1.05 bits per heavy atom. The third kappa shape index (κ3) is 5.85. The van der Waals surface area contributed by atoms with Crippen LogP contribution < -0.4 is 15.6 Å². The Hall–Kier alpha value is -4.46. The summed E-state index contributed by atoms with van der Waals surface area (Å²) in [5.74, 6) is -0.991. The maximum Gasteiger partial charge on any atom is 0.573 e. The Balaban J connectivity index is 1.31. The number of hydrogen-bond donors (Lipinski definition) is 2. The number of morpholine rings is 1. The molecule has 1 saturated heterocycles. The van der Waals surface area contributed by atoms with Crippen LogP contribution in [0.15, 0.2) is 71.8 Å². The van der Waals surface area contributed by atoms with Crippen LogP contribution in [0.25, 0.3) is 27.7 Å². The molecule has 230 valence electrons. The van der Waals surface area contributed by atoms with Crippen LogP contribution in [-0.4, -0.2) is 77.1 Å². The minimum absolute atomic E-state index is 0.121. The van der Waals surface area contributed by atoms with Gasteiger partial charge in [-0.3, -0.25) is 14.3 Å². The van der Waals surface area contributed by atoms with E-state index in [1.807, 2.05) is 0 Å². The molecule has 1 aromatic heterocycles. The molecule has 1 unspecified atom stereocenters. The van der Waals surface area contributed by atoms with Gasteiger partial charge in [-0.05, 0) is 66.4 Å². The number of carbonyl (C=O) groups excluding carboxylic acids is 1. The number of esters is 1. The number of fused-ring (bicyclic) bond motifs is 1. The van der Waals surface area contributed by atoms with Gasteiger partial charge in [-0.1, -0.05) is 18.2 Å². The molecule has 4 aromatic rings. The number of carbonyl (C=O) groups is 1. The standard InChI is InChI=1S/C31H29F3N4O6/c1-42-28(40)20-4-2-19(3-5-20)21-6-8-23-24(16-21)35-18-38(27(23)39)22-7-9-26(44-31(32,33)34)25(17-22)36-29(41)30(10-11-30)37-12-14-43-15-13-37/h2-9,16-18,29,36,41H,10-15H2,1H3. The van der Waals surface area contributed by atoms with E-state index in [2.05, 4.69) is 19.9 Å². The minimum atomic E-state index is -4.97. The van der Waals surface area contributed by atoms with Gasteiger partial charge in [-0.2, -0.15) is 0 Å². The summed E-state index contributed by atoms with van der Waals surface area (Å²) in [5.41, 5.74) is 1.41. The lowest BCUT2D eigenvalue weighted by Gasteiger charge is -2.38. The van der Waals surface area contributed by atoms with Crippen LogP contribution in [0, 0.1) is 0 Å². The number of halogens is 3. The van der Waals surface area contributed by atoms with Crippen molar-refractivity contribution < 1.29 is 37.3 Å². The van der Waals surface area contributed by atoms with Gasteiger partial charge < -0.3 is 24.6 Å². The molecule has 6 rings (SSSR count). The number of alkyl halides is 3. The molecule has 2 aliphatic rings. The van der Waals surface area contributed by atoms with Gasteiger partial charge in [0.1, 0.15) is 12.6 Å². The number of ether oxygens (including phenoxy) is 3. The lowest BCUT2D eigenvalue weighted by molar-refractivity contribution is -0.274. The molecule has 0 amide bonds. The third-order valence-electron chi connectivity index (χ3n) is 8.07. The molecule has 0 bridgehead atoms. The number of aromatic nitrogens is 2. The molecular weight excluding hydrogens is 581 g/mol. The first-order valence-electron chi connectivity index (χ1n) is 14.0. The van der Waals surface area contributed by atoms with E-state index in [4.69, 9.17) is 9.47 Å². The zero-order valence-corrected chi connectivity index (χ0v) is 23.6. The van der Waals surface area contributed by atoms with Crippen LogP contribution in [0.2, 0.25) is 0 Å². The predicted octanol–water partition coefficient (Wildman–Crippen LogP) is 4.33. The van der Waals surface area contributed by atoms with Crippen molar-refractivity contribution in [3.8, 4) is 22.6 Å². The van der Waals surface area contributed by atoms with Gasteiger partial charge in [0, 0.05) is 13.1 Å². The molecule has 1 saturated carbocycles. The number of rotatable bonds is 8. The molecule has 10 nitrogen and oxygen atoms in total. The van der Waals surface area contributed by atoms with E-state index in [1.54, 1.807) is 42.5 Å². The van der Waals surface area contributed by atoms with Crippen molar-refractivity contribution in [1.82, 2.24) is 14.5 Å². The van der Waals surface area contributed by atoms with E-state index in [0.717, 1.165) is 17.2 Å². The van der Waals surface area contributed by atoms with Crippen molar-refractivity contribution in [3.05, 3.63) is 82.9 Å². The van der Waals surface area contributed by atoms with Crippen LogP contribution in [0.5, 0.6) is 5.75 Å². The largest absolute Gasteiger partial charge is 0.573 e. The number of aliphatic hydroxyl groups is 1. The number of hydrogen-bond acceptors (Lipinski definition) is 9. The lowest BCUT2D eigenvalue weighted by atomic mass is 10.0. The van der Waals surface area contributed by atoms with E-state index >= 15 is 0 Å². The molecule has 2 fully saturated rings. The summed E-state index contributed by atoms with van der Waals surface area (Å²) in [6.45, 7) is 2.22. The van der Waals surface area contributed by atoms with Gasteiger partial charge in [-0.15, -0.1) is 13.2 Å². The summed E-state index contributed by atoms with van der Waals surface area (Å²) in [4.78, 5) is 31.8. The normalized spacial score (nSPS) is 17.2. The van der Waals surface area contributed by atoms with Gasteiger partial charge >= 0.3 is 12.3 Å². The summed E-state index contributed by atoms with van der Waals surface area (Å²) in [6, 6.07) is 15.6. The fourth-order valence-electron chi connectivity index (χ4n) is 5.58. The molecule has 1 aliphatic heterocycles. The van der Waals surface area contributed by atoms with Gasteiger partial charge in [-0.25, -0.2) is 9.78 Å². The number of methoxy groups -OCH3 is 1. The molecule has 2 heterocycles. The van der Waals surface area contributed by atoms with Gasteiger partial charge in [0.15, 0.2) is 5.75 Å². The first-order valence-corrected chi connectivity index (χ1v) is 14.0. The van der Waals surface area contributed by atoms with E-state index in [-0.39, 0.29) is 16.8 Å². The first-order chi connectivity index (χ1) is 21.1. The van der Waals surface area contributed by atoms with E-state index < -0.39 is 35.4 Å². The second kappa shape index (κ2) is 11.6. The predicted molar refractivity (Wildman–Crippen MR) is 155 cm³/mol. The first kappa shape index (κ1) is 29.6. The van der Waals surface area contributed by atoms with Crippen molar-refractivity contribution in [2.45, 2.75) is 31.0 Å². The van der Waals surface area contributed by atoms with Crippen molar-refractivity contribution in [2.24, 2.45) is 0 Å². The second-order valence-corrected chi connectivity index (χ2v) is 10.7. The van der Waals surface area contributed by atoms with E-state index in [0.29, 0.717) is 50.2 Å². The highest BCUT2D eigenvalue weighted by Crippen LogP contribution is 2.46. The lowest BCUT2D eigenvalue weighted by Crippen LogP contribution is -2.53. The summed E-state index contributed by atoms with van der Waals surface area (Å²) < 4.78 is 55.4. The molecule has 44 heavy (non-hydrogen) atoms. The average molecular weight is 611 g/mol. The summed E-state index contributed by atoms with van der Waals surface area (Å²) >= 11 is 0. The molecule has 0 radical (unpaired) electrons. The topological polar surface area (TPSA) is 115 Å². The Morgan fingerprint density at radius 2 is 1.75 bits per heavy atom. The maximum atomic E-state index is 13.5. The maximum absolute atomic E-state index is 13.5. The molecule has 3 aromatic carbocycles. The van der Waals surface area contributed by atoms with Crippen LogP contribution in [0.3, 0.4) is 0 Å². The molecule has 13 heteroatoms. The van der Waals surface area contributed by atoms with Crippen molar-refractivity contribution in [3.63, 3.8) is 0 Å². The van der Waals surface area contributed by atoms with Crippen LogP contribution >= 0.6 is 0 Å². The zero-order chi connectivity index (χ0) is 31.1. The monoisotopic (exact) mass is 610 g/mol. The quantitative estimate of drug-likeness (QED) is 0.222. The second-order valence-electron chi connectivity index (χ2n) is 10.7. The summed E-state index contributed by atoms with van der Waals surface area (Å²) in [6.07, 6.45) is -3.53. The highest BCUT2D eigenvalue weighted by Gasteiger charge is 2.54. The van der Waals surface area contributed by atoms with Crippen molar-refractivity contribution in [1.29, 1.82) is 0 Å². The van der Waals surface area contributed by atoms with Crippen LogP contribution in [-0.2, 0) is 9.47 Å². The number of nitrogens with one attached hydrogen (secondary N) is 1. The van der Waals surface area contributed by atoms with Crippen molar-refractivity contribution >= 4 is 22.6 Å². The fourth-order valence-corrected chi connectivity index (χ4v) is 5.58. The van der Waals surface area contributed by atoms with Crippen molar-refractivity contribution in [2.75, 3.05) is 38.7 Å². The summed E-state index contributed by atoms with van der Waals surface area (Å²) in [5, 5.41) is 14.3. The molecular formula is C31H29F3N4O6. The molecule has 1 atom stereocenters. The zero-order valence-electron chi connectivity index (χ0n) is 23.6. The Kier molecular flexibility index (Phi) is 7.78. The van der Waals surface area contributed by atoms with Gasteiger partial charge in [0.25, 0.3) is 5.56 Å². The highest BCUT2D eigenvalue weighted by molar-refractivity contribution is 5.90. The summed E-state index contributed by atoms with van der Waals surface area (Å²) in [7, 11) is 1.30. The Bertz CT molecular complexity index is 1750. The van der Waals surface area contributed by atoms with Crippen LogP contribution in [0.1, 0.15) is 23.2 Å². The molecule has 1 aliphatic carbocycles. The fraction of sp³-hybridized carbons (Fsp3) is 0.323. The SMILES string of the molecule is COC(=O)c1ccc(-c2ccc3c(=O)n(-c4ccc(OC(F)(F)F)c(NC(O)C5(N6CCOCC6)CC5)c4)cnc3c2)cc1. The Morgan fingerprint density at radius 3 is 2.41 bits per heavy atom. The average Bonchev–Trinajstić information content (AvgIpc) is 3.84. The molecule has 0 spiro atoms. The van der Waals surface area contributed by atoms with Gasteiger partial charge in [0.2, 0.25) is 0 Å². The highest BCUT2D eigenvalue weighted by atomic mass is 19.4. The molecule has 2 N–H and O–H groups in total. The Labute approximate surface area is 249 Å².